The predicted molar refractivity (Wildman–Crippen MR) is 71.8 cm³/mol. The molecule has 0 aliphatic heterocycles. The largest absolute Gasteiger partial charge is 0.465 e. The molecule has 1 heterocycles. The standard InChI is InChI=1S/C15H12O5/c1-9(16)13-11(15(18)19-2)8-12(17)20-14(13)10-6-4-3-5-7-10/h3-8H,1-2H3. The fourth-order valence-corrected chi connectivity index (χ4v) is 1.91. The molecule has 2 rings (SSSR count). The summed E-state index contributed by atoms with van der Waals surface area (Å²) in [4.78, 5) is 35.1. The number of esters is 1. The first kappa shape index (κ1) is 13.7. The van der Waals surface area contributed by atoms with Crippen LogP contribution in [0.25, 0.3) is 11.3 Å². The zero-order chi connectivity index (χ0) is 14.7. The summed E-state index contributed by atoms with van der Waals surface area (Å²) in [5, 5.41) is 0. The molecule has 0 N–H and O–H groups in total. The van der Waals surface area contributed by atoms with Gasteiger partial charge in [-0.25, -0.2) is 9.59 Å². The smallest absolute Gasteiger partial charge is 0.339 e. The number of hydrogen-bond acceptors (Lipinski definition) is 5. The Labute approximate surface area is 114 Å². The van der Waals surface area contributed by atoms with E-state index in [9.17, 15) is 14.4 Å². The van der Waals surface area contributed by atoms with Crippen LogP contribution in [0.3, 0.4) is 0 Å². The van der Waals surface area contributed by atoms with Gasteiger partial charge in [-0.3, -0.25) is 4.79 Å². The summed E-state index contributed by atoms with van der Waals surface area (Å²) in [5.74, 6) is -1.06. The minimum absolute atomic E-state index is 0.0441. The quantitative estimate of drug-likeness (QED) is 0.633. The highest BCUT2D eigenvalue weighted by Crippen LogP contribution is 2.25. The lowest BCUT2D eigenvalue weighted by atomic mass is 10.00. The molecule has 0 amide bonds. The molecule has 0 unspecified atom stereocenters. The molecule has 0 radical (unpaired) electrons. The molecule has 0 fully saturated rings. The second-order valence-corrected chi connectivity index (χ2v) is 4.10. The lowest BCUT2D eigenvalue weighted by Crippen LogP contribution is -2.15. The van der Waals surface area contributed by atoms with Crippen LogP contribution in [-0.2, 0) is 4.74 Å². The van der Waals surface area contributed by atoms with Crippen LogP contribution in [0.1, 0.15) is 27.6 Å². The Morgan fingerprint density at radius 1 is 1.15 bits per heavy atom. The van der Waals surface area contributed by atoms with Gasteiger partial charge in [0.25, 0.3) is 0 Å². The van der Waals surface area contributed by atoms with Gasteiger partial charge < -0.3 is 9.15 Å². The Morgan fingerprint density at radius 2 is 1.80 bits per heavy atom. The summed E-state index contributed by atoms with van der Waals surface area (Å²) < 4.78 is 9.71. The number of hydrogen-bond donors (Lipinski definition) is 0. The molecular weight excluding hydrogens is 260 g/mol. The summed E-state index contributed by atoms with van der Waals surface area (Å²) in [5.41, 5.74) is -0.215. The second-order valence-electron chi connectivity index (χ2n) is 4.10. The van der Waals surface area contributed by atoms with Crippen LogP contribution in [0.5, 0.6) is 0 Å². The van der Waals surface area contributed by atoms with E-state index in [0.717, 1.165) is 6.07 Å². The molecule has 102 valence electrons. The molecule has 5 nitrogen and oxygen atoms in total. The summed E-state index contributed by atoms with van der Waals surface area (Å²) in [6, 6.07) is 9.61. The fraction of sp³-hybridized carbons (Fsp3) is 0.133. The van der Waals surface area contributed by atoms with Crippen molar-refractivity contribution >= 4 is 11.8 Å². The van der Waals surface area contributed by atoms with E-state index in [-0.39, 0.29) is 22.7 Å². The Bertz CT molecular complexity index is 713. The van der Waals surface area contributed by atoms with Crippen LogP contribution >= 0.6 is 0 Å². The molecule has 20 heavy (non-hydrogen) atoms. The first-order valence-electron chi connectivity index (χ1n) is 5.87. The highest BCUT2D eigenvalue weighted by Gasteiger charge is 2.23. The van der Waals surface area contributed by atoms with Crippen LogP contribution in [0, 0.1) is 0 Å². The van der Waals surface area contributed by atoms with Gasteiger partial charge in [-0.05, 0) is 6.92 Å². The highest BCUT2D eigenvalue weighted by molar-refractivity contribution is 6.08. The number of methoxy groups -OCH3 is 1. The molecule has 0 saturated carbocycles. The number of rotatable bonds is 3. The Morgan fingerprint density at radius 3 is 2.35 bits per heavy atom. The average Bonchev–Trinajstić information content (AvgIpc) is 2.46. The van der Waals surface area contributed by atoms with Crippen molar-refractivity contribution in [1.82, 2.24) is 0 Å². The summed E-state index contributed by atoms with van der Waals surface area (Å²) in [7, 11) is 1.18. The third-order valence-corrected chi connectivity index (χ3v) is 2.75. The first-order chi connectivity index (χ1) is 9.54. The van der Waals surface area contributed by atoms with Crippen molar-refractivity contribution in [2.24, 2.45) is 0 Å². The van der Waals surface area contributed by atoms with Gasteiger partial charge in [0, 0.05) is 11.6 Å². The van der Waals surface area contributed by atoms with Gasteiger partial charge in [0.1, 0.15) is 5.76 Å². The molecule has 2 aromatic rings. The third kappa shape index (κ3) is 2.51. The Kier molecular flexibility index (Phi) is 3.79. The molecular formula is C15H12O5. The minimum Gasteiger partial charge on any atom is -0.465 e. The van der Waals surface area contributed by atoms with Gasteiger partial charge in [-0.1, -0.05) is 30.3 Å². The zero-order valence-electron chi connectivity index (χ0n) is 11.0. The molecule has 0 saturated heterocycles. The molecule has 1 aromatic carbocycles. The molecule has 1 aromatic heterocycles. The van der Waals surface area contributed by atoms with E-state index in [1.807, 2.05) is 0 Å². The van der Waals surface area contributed by atoms with Gasteiger partial charge in [0.15, 0.2) is 5.78 Å². The predicted octanol–water partition coefficient (Wildman–Crippen LogP) is 2.30. The van der Waals surface area contributed by atoms with Crippen LogP contribution in [-0.4, -0.2) is 18.9 Å². The van der Waals surface area contributed by atoms with Crippen molar-refractivity contribution in [3.63, 3.8) is 0 Å². The lowest BCUT2D eigenvalue weighted by Gasteiger charge is -2.09. The number of carbonyl (C=O) groups is 2. The lowest BCUT2D eigenvalue weighted by molar-refractivity contribution is 0.0596. The maximum absolute atomic E-state index is 11.8. The fourth-order valence-electron chi connectivity index (χ4n) is 1.91. The summed E-state index contributed by atoms with van der Waals surface area (Å²) in [6.07, 6.45) is 0. The van der Waals surface area contributed by atoms with Crippen molar-refractivity contribution in [2.75, 3.05) is 7.11 Å². The van der Waals surface area contributed by atoms with Crippen molar-refractivity contribution in [3.8, 4) is 11.3 Å². The molecule has 0 bridgehead atoms. The topological polar surface area (TPSA) is 73.6 Å². The number of carbonyl (C=O) groups excluding carboxylic acids is 2. The van der Waals surface area contributed by atoms with Crippen LogP contribution < -0.4 is 5.63 Å². The van der Waals surface area contributed by atoms with E-state index >= 15 is 0 Å². The summed E-state index contributed by atoms with van der Waals surface area (Å²) >= 11 is 0. The molecule has 0 atom stereocenters. The Hall–Kier alpha value is -2.69. The molecule has 0 aliphatic carbocycles. The molecule has 5 heteroatoms. The van der Waals surface area contributed by atoms with Gasteiger partial charge in [0.2, 0.25) is 0 Å². The normalized spacial score (nSPS) is 10.1. The average molecular weight is 272 g/mol. The van der Waals surface area contributed by atoms with Crippen LogP contribution in [0.2, 0.25) is 0 Å². The monoisotopic (exact) mass is 272 g/mol. The van der Waals surface area contributed by atoms with E-state index in [2.05, 4.69) is 4.74 Å². The van der Waals surface area contributed by atoms with Gasteiger partial charge in [-0.15, -0.1) is 0 Å². The van der Waals surface area contributed by atoms with Crippen LogP contribution in [0.15, 0.2) is 45.6 Å². The maximum Gasteiger partial charge on any atom is 0.339 e. The van der Waals surface area contributed by atoms with E-state index < -0.39 is 11.6 Å². The van der Waals surface area contributed by atoms with Gasteiger partial charge >= 0.3 is 11.6 Å². The van der Waals surface area contributed by atoms with Gasteiger partial charge in [-0.2, -0.15) is 0 Å². The zero-order valence-corrected chi connectivity index (χ0v) is 11.0. The first-order valence-corrected chi connectivity index (χ1v) is 5.87. The van der Waals surface area contributed by atoms with Crippen molar-refractivity contribution in [3.05, 3.63) is 57.9 Å². The van der Waals surface area contributed by atoms with Gasteiger partial charge in [0.05, 0.1) is 18.2 Å². The minimum atomic E-state index is -0.750. The van der Waals surface area contributed by atoms with E-state index in [1.54, 1.807) is 30.3 Å². The van der Waals surface area contributed by atoms with Crippen molar-refractivity contribution in [1.29, 1.82) is 0 Å². The van der Waals surface area contributed by atoms with Crippen LogP contribution in [0.4, 0.5) is 0 Å². The maximum atomic E-state index is 11.8. The number of ether oxygens (including phenoxy) is 1. The Balaban J connectivity index is 2.80. The number of ketones is 1. The summed E-state index contributed by atoms with van der Waals surface area (Å²) in [6.45, 7) is 1.30. The van der Waals surface area contributed by atoms with E-state index in [4.69, 9.17) is 4.42 Å². The SMILES string of the molecule is COC(=O)c1cc(=O)oc(-c2ccccc2)c1C(C)=O. The van der Waals surface area contributed by atoms with Crippen molar-refractivity contribution in [2.45, 2.75) is 6.92 Å². The number of Topliss-reactive ketones (excluding diaryl/α,β-unsaturated/α-hetero) is 1. The van der Waals surface area contributed by atoms with E-state index in [1.165, 1.54) is 14.0 Å². The highest BCUT2D eigenvalue weighted by atomic mass is 16.5. The third-order valence-electron chi connectivity index (χ3n) is 2.75. The van der Waals surface area contributed by atoms with Crippen molar-refractivity contribution < 1.29 is 18.7 Å². The number of benzene rings is 1. The molecule has 0 spiro atoms. The van der Waals surface area contributed by atoms with E-state index in [0.29, 0.717) is 5.56 Å². The second kappa shape index (κ2) is 5.52. The molecule has 0 aliphatic rings.